The Bertz CT molecular complexity index is 243. The van der Waals surface area contributed by atoms with Crippen LogP contribution in [0.25, 0.3) is 0 Å². The Morgan fingerprint density at radius 3 is 2.31 bits per heavy atom. The lowest BCUT2D eigenvalue weighted by Crippen LogP contribution is -2.49. The molecular weight excluding hydrogens is 210 g/mol. The quantitative estimate of drug-likeness (QED) is 0.629. The molecule has 6 nitrogen and oxygen atoms in total. The topological polar surface area (TPSA) is 75.9 Å². The first-order valence-corrected chi connectivity index (χ1v) is 5.17. The molecule has 2 N–H and O–H groups in total. The molecule has 0 aromatic heterocycles. The summed E-state index contributed by atoms with van der Waals surface area (Å²) in [5.74, 6) is -0.389. The number of nitrogens with zero attached hydrogens (tertiary/aromatic N) is 2. The van der Waals surface area contributed by atoms with E-state index >= 15 is 0 Å². The lowest BCUT2D eigenvalue weighted by Gasteiger charge is -2.24. The molecule has 1 unspecified atom stereocenters. The van der Waals surface area contributed by atoms with Crippen LogP contribution in [0.1, 0.15) is 6.92 Å². The second-order valence-electron chi connectivity index (χ2n) is 3.70. The number of likely N-dealkylation sites (N-methyl/N-ethyl adjacent to an activating group) is 2. The summed E-state index contributed by atoms with van der Waals surface area (Å²) in [6.45, 7) is 2.47. The normalized spacial score (nSPS) is 12.1. The maximum absolute atomic E-state index is 11.8. The number of carbonyl (C=O) groups is 2. The van der Waals surface area contributed by atoms with Crippen molar-refractivity contribution in [3.63, 3.8) is 0 Å². The first-order valence-electron chi connectivity index (χ1n) is 5.17. The highest BCUT2D eigenvalue weighted by molar-refractivity contribution is 5.87. The van der Waals surface area contributed by atoms with Crippen LogP contribution in [0.4, 0.5) is 0 Å². The number of methoxy groups -OCH3 is 1. The molecule has 0 rings (SSSR count). The zero-order valence-corrected chi connectivity index (χ0v) is 10.4. The number of hydrogen-bond donors (Lipinski definition) is 1. The standard InChI is InChI=1S/C10H21N3O3/c1-5-13(6-9(14)12(2)3)10(15)8(11)7-16-4/h8H,5-7,11H2,1-4H3. The predicted octanol–water partition coefficient (Wildman–Crippen LogP) is -1.10. The molecule has 0 aliphatic heterocycles. The van der Waals surface area contributed by atoms with Crippen molar-refractivity contribution in [3.05, 3.63) is 0 Å². The van der Waals surface area contributed by atoms with Gasteiger partial charge in [-0.3, -0.25) is 9.59 Å². The SMILES string of the molecule is CCN(CC(=O)N(C)C)C(=O)C(N)COC. The van der Waals surface area contributed by atoms with Gasteiger partial charge in [0.1, 0.15) is 6.04 Å². The highest BCUT2D eigenvalue weighted by atomic mass is 16.5. The monoisotopic (exact) mass is 231 g/mol. The summed E-state index contributed by atoms with van der Waals surface area (Å²) in [7, 11) is 4.78. The number of nitrogens with two attached hydrogens (primary N) is 1. The number of hydrogen-bond acceptors (Lipinski definition) is 4. The van der Waals surface area contributed by atoms with Crippen LogP contribution < -0.4 is 5.73 Å². The van der Waals surface area contributed by atoms with Gasteiger partial charge in [0.05, 0.1) is 13.2 Å². The third kappa shape index (κ3) is 4.59. The fourth-order valence-electron chi connectivity index (χ4n) is 1.14. The van der Waals surface area contributed by atoms with Crippen LogP contribution in [0.5, 0.6) is 0 Å². The van der Waals surface area contributed by atoms with Gasteiger partial charge >= 0.3 is 0 Å². The molecular formula is C10H21N3O3. The van der Waals surface area contributed by atoms with E-state index in [0.29, 0.717) is 6.54 Å². The third-order valence-corrected chi connectivity index (χ3v) is 2.18. The molecule has 0 saturated carbocycles. The molecule has 16 heavy (non-hydrogen) atoms. The van der Waals surface area contributed by atoms with E-state index in [1.807, 2.05) is 0 Å². The van der Waals surface area contributed by atoms with E-state index in [9.17, 15) is 9.59 Å². The average Bonchev–Trinajstić information content (AvgIpc) is 2.24. The molecule has 0 radical (unpaired) electrons. The summed E-state index contributed by atoms with van der Waals surface area (Å²) in [5.41, 5.74) is 5.61. The van der Waals surface area contributed by atoms with Gasteiger partial charge < -0.3 is 20.3 Å². The fourth-order valence-corrected chi connectivity index (χ4v) is 1.14. The van der Waals surface area contributed by atoms with Gasteiger partial charge in [0, 0.05) is 27.7 Å². The van der Waals surface area contributed by atoms with Crippen LogP contribution in [-0.4, -0.2) is 68.6 Å². The van der Waals surface area contributed by atoms with Crippen molar-refractivity contribution in [1.29, 1.82) is 0 Å². The minimum Gasteiger partial charge on any atom is -0.383 e. The van der Waals surface area contributed by atoms with Crippen molar-refractivity contribution in [1.82, 2.24) is 9.80 Å². The molecule has 0 aliphatic carbocycles. The molecule has 2 amide bonds. The maximum Gasteiger partial charge on any atom is 0.242 e. The van der Waals surface area contributed by atoms with Crippen LogP contribution in [0.2, 0.25) is 0 Å². The number of rotatable bonds is 6. The Morgan fingerprint density at radius 1 is 1.38 bits per heavy atom. The molecule has 0 aromatic carbocycles. The Hall–Kier alpha value is -1.14. The Labute approximate surface area is 96.3 Å². The van der Waals surface area contributed by atoms with Crippen LogP contribution in [-0.2, 0) is 14.3 Å². The summed E-state index contributed by atoms with van der Waals surface area (Å²) in [6, 6.07) is -0.708. The van der Waals surface area contributed by atoms with E-state index in [2.05, 4.69) is 0 Å². The van der Waals surface area contributed by atoms with Gasteiger partial charge in [-0.15, -0.1) is 0 Å². The largest absolute Gasteiger partial charge is 0.383 e. The fraction of sp³-hybridized carbons (Fsp3) is 0.800. The van der Waals surface area contributed by atoms with Gasteiger partial charge in [0.15, 0.2) is 0 Å². The van der Waals surface area contributed by atoms with Crippen LogP contribution >= 0.6 is 0 Å². The Morgan fingerprint density at radius 2 is 1.94 bits per heavy atom. The van der Waals surface area contributed by atoms with Crippen molar-refractivity contribution >= 4 is 11.8 Å². The van der Waals surface area contributed by atoms with E-state index in [1.54, 1.807) is 21.0 Å². The summed E-state index contributed by atoms with van der Waals surface area (Å²) >= 11 is 0. The Kier molecular flexibility index (Phi) is 6.67. The van der Waals surface area contributed by atoms with E-state index in [1.165, 1.54) is 16.9 Å². The van der Waals surface area contributed by atoms with Gasteiger partial charge in [-0.05, 0) is 6.92 Å². The lowest BCUT2D eigenvalue weighted by molar-refractivity contribution is -0.140. The van der Waals surface area contributed by atoms with Gasteiger partial charge in [-0.1, -0.05) is 0 Å². The van der Waals surface area contributed by atoms with Crippen LogP contribution in [0, 0.1) is 0 Å². The van der Waals surface area contributed by atoms with Crippen molar-refractivity contribution in [2.75, 3.05) is 40.9 Å². The van der Waals surface area contributed by atoms with Crippen molar-refractivity contribution < 1.29 is 14.3 Å². The van der Waals surface area contributed by atoms with Gasteiger partial charge in [0.25, 0.3) is 0 Å². The molecule has 0 saturated heterocycles. The first-order chi connectivity index (χ1) is 7.43. The molecule has 0 aliphatic rings. The molecule has 0 aromatic rings. The van der Waals surface area contributed by atoms with E-state index in [-0.39, 0.29) is 25.0 Å². The zero-order valence-electron chi connectivity index (χ0n) is 10.4. The van der Waals surface area contributed by atoms with Crippen molar-refractivity contribution in [2.24, 2.45) is 5.73 Å². The van der Waals surface area contributed by atoms with Gasteiger partial charge in [-0.25, -0.2) is 0 Å². The summed E-state index contributed by atoms with van der Waals surface area (Å²) in [5, 5.41) is 0. The average molecular weight is 231 g/mol. The van der Waals surface area contributed by atoms with E-state index < -0.39 is 6.04 Å². The Balaban J connectivity index is 4.37. The molecule has 0 fully saturated rings. The number of carbonyl (C=O) groups excluding carboxylic acids is 2. The van der Waals surface area contributed by atoms with E-state index in [0.717, 1.165) is 0 Å². The van der Waals surface area contributed by atoms with Gasteiger partial charge in [0.2, 0.25) is 11.8 Å². The smallest absolute Gasteiger partial charge is 0.242 e. The highest BCUT2D eigenvalue weighted by Crippen LogP contribution is 1.96. The third-order valence-electron chi connectivity index (χ3n) is 2.18. The predicted molar refractivity (Wildman–Crippen MR) is 60.8 cm³/mol. The van der Waals surface area contributed by atoms with Crippen LogP contribution in [0.3, 0.4) is 0 Å². The number of amides is 2. The molecule has 0 bridgehead atoms. The second-order valence-corrected chi connectivity index (χ2v) is 3.70. The minimum atomic E-state index is -0.708. The van der Waals surface area contributed by atoms with E-state index in [4.69, 9.17) is 10.5 Å². The summed E-state index contributed by atoms with van der Waals surface area (Å²) < 4.78 is 4.80. The zero-order chi connectivity index (χ0) is 12.7. The molecule has 6 heteroatoms. The van der Waals surface area contributed by atoms with Crippen molar-refractivity contribution in [2.45, 2.75) is 13.0 Å². The summed E-state index contributed by atoms with van der Waals surface area (Å²) in [6.07, 6.45) is 0. The molecule has 0 spiro atoms. The maximum atomic E-state index is 11.8. The van der Waals surface area contributed by atoms with Gasteiger partial charge in [-0.2, -0.15) is 0 Å². The second kappa shape index (κ2) is 7.19. The molecule has 94 valence electrons. The minimum absolute atomic E-state index is 0.0553. The molecule has 1 atom stereocenters. The number of ether oxygens (including phenoxy) is 1. The van der Waals surface area contributed by atoms with Crippen molar-refractivity contribution in [3.8, 4) is 0 Å². The first kappa shape index (κ1) is 14.9. The molecule has 0 heterocycles. The highest BCUT2D eigenvalue weighted by Gasteiger charge is 2.22. The van der Waals surface area contributed by atoms with Crippen LogP contribution in [0.15, 0.2) is 0 Å². The summed E-state index contributed by atoms with van der Waals surface area (Å²) in [4.78, 5) is 26.1. The lowest BCUT2D eigenvalue weighted by atomic mass is 10.2.